The molecule has 1 heterocycles. The fraction of sp³-hybridized carbons (Fsp3) is 0.400. The van der Waals surface area contributed by atoms with Gasteiger partial charge in [-0.15, -0.1) is 0 Å². The van der Waals surface area contributed by atoms with Gasteiger partial charge in [0.1, 0.15) is 0 Å². The molecule has 0 aliphatic rings. The molecule has 24 heavy (non-hydrogen) atoms. The van der Waals surface area contributed by atoms with E-state index in [0.717, 1.165) is 0 Å². The molecule has 134 valence electrons. The molecule has 1 unspecified atom stereocenters. The molecule has 3 N–H and O–H groups in total. The molecule has 2 aromatic rings. The van der Waals surface area contributed by atoms with Crippen molar-refractivity contribution in [3.05, 3.63) is 34.2 Å². The molecule has 9 heteroatoms. The summed E-state index contributed by atoms with van der Waals surface area (Å²) >= 11 is 5.90. The number of hydrogen-bond donors (Lipinski definition) is 3. The Morgan fingerprint density at radius 2 is 2.00 bits per heavy atom. The second-order valence-corrected chi connectivity index (χ2v) is 4.85. The Bertz CT molecular complexity index is 740. The molecule has 0 bridgehead atoms. The van der Waals surface area contributed by atoms with E-state index in [0.29, 0.717) is 5.70 Å². The van der Waals surface area contributed by atoms with Gasteiger partial charge in [-0.05, 0) is 6.92 Å². The average molecular weight is 368 g/mol. The molecule has 2 rings (SSSR count). The first-order valence-corrected chi connectivity index (χ1v) is 7.54. The van der Waals surface area contributed by atoms with E-state index in [1.165, 1.54) is 6.20 Å². The standard InChI is InChI=1S/C13H12ClF4N3O.C2H6/c1-3-6(19-2)7-5-4-20-21-11(5)8(10(15)9(7)14)12(22)13(16,17)18;1-2/h3-4,12,19,22H,1-2H3,(H,20,21);1-2H3/b6-3-;. The molecule has 1 atom stereocenters. The summed E-state index contributed by atoms with van der Waals surface area (Å²) in [7, 11) is 1.56. The van der Waals surface area contributed by atoms with Crippen molar-refractivity contribution in [3.8, 4) is 0 Å². The van der Waals surface area contributed by atoms with E-state index in [1.807, 2.05) is 13.8 Å². The topological polar surface area (TPSA) is 60.9 Å². The third kappa shape index (κ3) is 3.49. The number of nitrogens with zero attached hydrogens (tertiary/aromatic N) is 1. The van der Waals surface area contributed by atoms with Crippen LogP contribution in [0.5, 0.6) is 0 Å². The lowest BCUT2D eigenvalue weighted by Crippen LogP contribution is -2.22. The van der Waals surface area contributed by atoms with Gasteiger partial charge in [-0.3, -0.25) is 5.10 Å². The summed E-state index contributed by atoms with van der Waals surface area (Å²) < 4.78 is 52.7. The molecule has 0 fully saturated rings. The number of aliphatic hydroxyl groups excluding tert-OH is 1. The van der Waals surface area contributed by atoms with E-state index >= 15 is 0 Å². The van der Waals surface area contributed by atoms with Crippen molar-refractivity contribution >= 4 is 28.2 Å². The number of nitrogens with one attached hydrogen (secondary N) is 2. The number of benzene rings is 1. The molecule has 0 radical (unpaired) electrons. The van der Waals surface area contributed by atoms with Crippen LogP contribution in [0.25, 0.3) is 16.6 Å². The molecule has 1 aromatic carbocycles. The molecule has 0 aliphatic carbocycles. The largest absolute Gasteiger partial charge is 0.418 e. The predicted octanol–water partition coefficient (Wildman–Crippen LogP) is 4.56. The summed E-state index contributed by atoms with van der Waals surface area (Å²) in [6.45, 7) is 5.66. The lowest BCUT2D eigenvalue weighted by atomic mass is 9.98. The van der Waals surface area contributed by atoms with E-state index in [1.54, 1.807) is 20.0 Å². The third-order valence-corrected chi connectivity index (χ3v) is 3.59. The number of H-pyrrole nitrogens is 1. The SMILES string of the molecule is C/C=C(\NC)c1c(Cl)c(F)c(C(O)C(F)(F)F)c2[nH]ncc12.CC. The molecule has 0 saturated heterocycles. The van der Waals surface area contributed by atoms with E-state index in [9.17, 15) is 22.7 Å². The molecule has 0 saturated carbocycles. The third-order valence-electron chi connectivity index (χ3n) is 3.24. The second kappa shape index (κ2) is 7.85. The average Bonchev–Trinajstić information content (AvgIpc) is 3.01. The van der Waals surface area contributed by atoms with Gasteiger partial charge >= 0.3 is 6.18 Å². The first kappa shape index (κ1) is 20.2. The minimum Gasteiger partial charge on any atom is -0.388 e. The van der Waals surface area contributed by atoms with Crippen molar-refractivity contribution in [3.63, 3.8) is 0 Å². The first-order chi connectivity index (χ1) is 11.2. The summed E-state index contributed by atoms with van der Waals surface area (Å²) in [5.74, 6) is -1.34. The normalized spacial score (nSPS) is 13.5. The maximum Gasteiger partial charge on any atom is 0.418 e. The number of allylic oxidation sites excluding steroid dienone is 1. The van der Waals surface area contributed by atoms with E-state index in [4.69, 9.17) is 11.6 Å². The Morgan fingerprint density at radius 3 is 2.46 bits per heavy atom. The molecular weight excluding hydrogens is 350 g/mol. The molecule has 1 aromatic heterocycles. The highest BCUT2D eigenvalue weighted by Crippen LogP contribution is 2.42. The molecule has 0 spiro atoms. The van der Waals surface area contributed by atoms with Crippen molar-refractivity contribution in [2.45, 2.75) is 33.1 Å². The van der Waals surface area contributed by atoms with Gasteiger partial charge in [0.2, 0.25) is 0 Å². The second-order valence-electron chi connectivity index (χ2n) is 4.47. The van der Waals surface area contributed by atoms with Crippen LogP contribution in [-0.4, -0.2) is 28.5 Å². The first-order valence-electron chi connectivity index (χ1n) is 7.17. The summed E-state index contributed by atoms with van der Waals surface area (Å²) in [6.07, 6.45) is -5.22. The van der Waals surface area contributed by atoms with Crippen molar-refractivity contribution in [1.29, 1.82) is 0 Å². The lowest BCUT2D eigenvalue weighted by molar-refractivity contribution is -0.207. The fourth-order valence-corrected chi connectivity index (χ4v) is 2.54. The number of aromatic amines is 1. The van der Waals surface area contributed by atoms with Crippen LogP contribution in [0.2, 0.25) is 5.02 Å². The number of fused-ring (bicyclic) bond motifs is 1. The van der Waals surface area contributed by atoms with Crippen LogP contribution < -0.4 is 5.32 Å². The maximum atomic E-state index is 14.4. The van der Waals surface area contributed by atoms with Crippen molar-refractivity contribution < 1.29 is 22.7 Å². The molecule has 0 aliphatic heterocycles. The number of rotatable bonds is 3. The minimum atomic E-state index is -5.03. The van der Waals surface area contributed by atoms with Gasteiger partial charge in [0.25, 0.3) is 0 Å². The highest BCUT2D eigenvalue weighted by atomic mass is 35.5. The smallest absolute Gasteiger partial charge is 0.388 e. The Morgan fingerprint density at radius 1 is 1.42 bits per heavy atom. The van der Waals surface area contributed by atoms with Crippen LogP contribution in [-0.2, 0) is 0 Å². The minimum absolute atomic E-state index is 0.172. The number of alkyl halides is 3. The molecular formula is C15H18ClF4N3O. The van der Waals surface area contributed by atoms with Crippen LogP contribution in [0.15, 0.2) is 12.3 Å². The quantitative estimate of drug-likeness (QED) is 0.697. The fourth-order valence-electron chi connectivity index (χ4n) is 2.23. The van der Waals surface area contributed by atoms with Crippen molar-refractivity contribution in [1.82, 2.24) is 15.5 Å². The summed E-state index contributed by atoms with van der Waals surface area (Å²) in [4.78, 5) is 0. The van der Waals surface area contributed by atoms with E-state index in [2.05, 4.69) is 15.5 Å². The number of halogens is 5. The number of aromatic nitrogens is 2. The monoisotopic (exact) mass is 367 g/mol. The van der Waals surface area contributed by atoms with E-state index in [-0.39, 0.29) is 16.5 Å². The van der Waals surface area contributed by atoms with Crippen LogP contribution >= 0.6 is 11.6 Å². The summed E-state index contributed by atoms with van der Waals surface area (Å²) in [5.41, 5.74) is -0.633. The number of hydrogen-bond acceptors (Lipinski definition) is 3. The van der Waals surface area contributed by atoms with Gasteiger partial charge in [-0.2, -0.15) is 18.3 Å². The zero-order valence-corrected chi connectivity index (χ0v) is 14.3. The van der Waals surface area contributed by atoms with Gasteiger partial charge < -0.3 is 10.4 Å². The Balaban J connectivity index is 0.00000139. The van der Waals surface area contributed by atoms with Gasteiger partial charge in [-0.25, -0.2) is 4.39 Å². The molecule has 0 amide bonds. The van der Waals surface area contributed by atoms with Gasteiger partial charge in [0.05, 0.1) is 22.3 Å². The van der Waals surface area contributed by atoms with E-state index < -0.39 is 28.7 Å². The van der Waals surface area contributed by atoms with Crippen molar-refractivity contribution in [2.75, 3.05) is 7.05 Å². The predicted molar refractivity (Wildman–Crippen MR) is 86.1 cm³/mol. The van der Waals surface area contributed by atoms with Gasteiger partial charge in [-0.1, -0.05) is 31.5 Å². The summed E-state index contributed by atoms with van der Waals surface area (Å²) in [5, 5.41) is 17.8. The van der Waals surface area contributed by atoms with Crippen LogP contribution in [0.4, 0.5) is 17.6 Å². The Labute approximate surface area is 141 Å². The Hall–Kier alpha value is -1.80. The summed E-state index contributed by atoms with van der Waals surface area (Å²) in [6, 6.07) is 0. The zero-order valence-electron chi connectivity index (χ0n) is 13.5. The highest BCUT2D eigenvalue weighted by Gasteiger charge is 2.43. The van der Waals surface area contributed by atoms with Gasteiger partial charge in [0.15, 0.2) is 11.9 Å². The number of aliphatic hydroxyl groups is 1. The lowest BCUT2D eigenvalue weighted by Gasteiger charge is -2.19. The van der Waals surface area contributed by atoms with Crippen LogP contribution in [0.1, 0.15) is 38.0 Å². The Kier molecular flexibility index (Phi) is 6.62. The van der Waals surface area contributed by atoms with Crippen LogP contribution in [0.3, 0.4) is 0 Å². The molecule has 4 nitrogen and oxygen atoms in total. The van der Waals surface area contributed by atoms with Gasteiger partial charge in [0, 0.05) is 23.7 Å². The zero-order chi connectivity index (χ0) is 18.7. The van der Waals surface area contributed by atoms with Crippen LogP contribution in [0, 0.1) is 5.82 Å². The maximum absolute atomic E-state index is 14.4. The van der Waals surface area contributed by atoms with Crippen molar-refractivity contribution in [2.24, 2.45) is 0 Å². The highest BCUT2D eigenvalue weighted by molar-refractivity contribution is 6.34.